The van der Waals surface area contributed by atoms with Gasteiger partial charge in [0.15, 0.2) is 6.10 Å². The van der Waals surface area contributed by atoms with E-state index in [-0.39, 0.29) is 5.82 Å². The lowest BCUT2D eigenvalue weighted by atomic mass is 10.1. The van der Waals surface area contributed by atoms with Crippen molar-refractivity contribution < 1.29 is 13.9 Å². The zero-order chi connectivity index (χ0) is 20.1. The van der Waals surface area contributed by atoms with Gasteiger partial charge in [0.1, 0.15) is 11.6 Å². The largest absolute Gasteiger partial charge is 0.481 e. The van der Waals surface area contributed by atoms with E-state index in [1.54, 1.807) is 43.5 Å². The average molecular weight is 401 g/mol. The second-order valence-corrected chi connectivity index (χ2v) is 6.54. The Morgan fingerprint density at radius 3 is 2.79 bits per heavy atom. The number of hydrogen-bond acceptors (Lipinski definition) is 4. The number of ether oxygens (including phenoxy) is 1. The molecule has 1 aromatic heterocycles. The van der Waals surface area contributed by atoms with E-state index in [9.17, 15) is 9.18 Å². The normalized spacial score (nSPS) is 12.1. The summed E-state index contributed by atoms with van der Waals surface area (Å²) in [4.78, 5) is 12.2. The zero-order valence-corrected chi connectivity index (χ0v) is 16.0. The number of halogens is 2. The molecular weight excluding hydrogens is 383 g/mol. The van der Waals surface area contributed by atoms with E-state index in [0.29, 0.717) is 16.5 Å². The zero-order valence-electron chi connectivity index (χ0n) is 15.2. The van der Waals surface area contributed by atoms with Crippen molar-refractivity contribution in [1.82, 2.24) is 15.6 Å². The van der Waals surface area contributed by atoms with E-state index in [4.69, 9.17) is 16.3 Å². The van der Waals surface area contributed by atoms with Crippen molar-refractivity contribution in [3.8, 4) is 16.9 Å². The van der Waals surface area contributed by atoms with Crippen molar-refractivity contribution in [3.05, 3.63) is 70.8 Å². The van der Waals surface area contributed by atoms with Crippen molar-refractivity contribution in [2.24, 2.45) is 5.10 Å². The number of carbonyl (C=O) groups is 1. The molecule has 0 aliphatic heterocycles. The van der Waals surface area contributed by atoms with Gasteiger partial charge in [-0.25, -0.2) is 9.82 Å². The fraction of sp³-hybridized carbons (Fsp3) is 0.150. The van der Waals surface area contributed by atoms with Crippen LogP contribution in [-0.4, -0.2) is 28.4 Å². The molecule has 3 aromatic rings. The van der Waals surface area contributed by atoms with E-state index in [1.807, 2.05) is 6.92 Å². The number of H-pyrrole nitrogens is 1. The highest BCUT2D eigenvalue weighted by molar-refractivity contribution is 6.30. The summed E-state index contributed by atoms with van der Waals surface area (Å²) >= 11 is 5.92. The number of carbonyl (C=O) groups excluding carboxylic acids is 1. The number of rotatable bonds is 6. The van der Waals surface area contributed by atoms with Gasteiger partial charge in [0, 0.05) is 10.6 Å². The van der Waals surface area contributed by atoms with Crippen LogP contribution in [0.4, 0.5) is 4.39 Å². The molecule has 3 rings (SSSR count). The van der Waals surface area contributed by atoms with Gasteiger partial charge in [-0.05, 0) is 55.3 Å². The van der Waals surface area contributed by atoms with Gasteiger partial charge in [-0.2, -0.15) is 10.2 Å². The van der Waals surface area contributed by atoms with Gasteiger partial charge in [-0.15, -0.1) is 0 Å². The molecule has 0 aliphatic carbocycles. The first kappa shape index (κ1) is 19.6. The van der Waals surface area contributed by atoms with Gasteiger partial charge in [-0.1, -0.05) is 23.7 Å². The molecule has 0 aliphatic rings. The number of nitrogens with one attached hydrogen (secondary N) is 2. The fourth-order valence-electron chi connectivity index (χ4n) is 2.49. The molecule has 0 saturated carbocycles. The number of benzene rings is 2. The third-order valence-electron chi connectivity index (χ3n) is 4.00. The first-order valence-electron chi connectivity index (χ1n) is 8.49. The second-order valence-electron chi connectivity index (χ2n) is 6.11. The molecule has 2 aromatic carbocycles. The van der Waals surface area contributed by atoms with Crippen molar-refractivity contribution in [2.75, 3.05) is 0 Å². The summed E-state index contributed by atoms with van der Waals surface area (Å²) in [5.74, 6) is -0.156. The molecule has 0 bridgehead atoms. The SMILES string of the molecule is Cc1cc(Cl)ccc1OC(C)C(=O)N/N=C/c1[nH]ncc1-c1ccc(F)cc1. The first-order valence-corrected chi connectivity index (χ1v) is 8.87. The Balaban J connectivity index is 1.62. The summed E-state index contributed by atoms with van der Waals surface area (Å²) < 4.78 is 18.7. The molecule has 144 valence electrons. The number of hydrogen-bond donors (Lipinski definition) is 2. The Kier molecular flexibility index (Phi) is 6.06. The van der Waals surface area contributed by atoms with Crippen LogP contribution < -0.4 is 10.2 Å². The number of hydrazone groups is 1. The smallest absolute Gasteiger partial charge is 0.280 e. The van der Waals surface area contributed by atoms with Crippen LogP contribution in [0.3, 0.4) is 0 Å². The van der Waals surface area contributed by atoms with E-state index in [0.717, 1.165) is 16.7 Å². The molecule has 2 N–H and O–H groups in total. The van der Waals surface area contributed by atoms with Crippen LogP contribution in [0.1, 0.15) is 18.2 Å². The maximum Gasteiger partial charge on any atom is 0.280 e. The Labute approximate surface area is 166 Å². The standard InChI is InChI=1S/C20H18ClFN4O2/c1-12-9-15(21)5-8-19(12)28-13(2)20(27)26-24-11-18-17(10-23-25-18)14-3-6-16(22)7-4-14/h3-11,13H,1-2H3,(H,23,25)(H,26,27)/b24-11+. The quantitative estimate of drug-likeness (QED) is 0.483. The molecule has 28 heavy (non-hydrogen) atoms. The lowest BCUT2D eigenvalue weighted by Crippen LogP contribution is -2.33. The summed E-state index contributed by atoms with van der Waals surface area (Å²) in [5, 5.41) is 11.3. The molecule has 1 amide bonds. The van der Waals surface area contributed by atoms with Gasteiger partial charge < -0.3 is 4.74 Å². The number of amides is 1. The second kappa shape index (κ2) is 8.67. The molecule has 0 fully saturated rings. The maximum absolute atomic E-state index is 13.1. The highest BCUT2D eigenvalue weighted by Crippen LogP contribution is 2.23. The molecular formula is C20H18ClFN4O2. The van der Waals surface area contributed by atoms with Crippen LogP contribution in [0.5, 0.6) is 5.75 Å². The Morgan fingerprint density at radius 1 is 1.32 bits per heavy atom. The summed E-state index contributed by atoms with van der Waals surface area (Å²) in [7, 11) is 0. The molecule has 1 heterocycles. The summed E-state index contributed by atoms with van der Waals surface area (Å²) in [6, 6.07) is 11.2. The van der Waals surface area contributed by atoms with Gasteiger partial charge in [-0.3, -0.25) is 9.89 Å². The van der Waals surface area contributed by atoms with Gasteiger partial charge in [0.25, 0.3) is 5.91 Å². The minimum Gasteiger partial charge on any atom is -0.481 e. The van der Waals surface area contributed by atoms with E-state index in [2.05, 4.69) is 20.7 Å². The van der Waals surface area contributed by atoms with Crippen LogP contribution >= 0.6 is 11.6 Å². The van der Waals surface area contributed by atoms with E-state index in [1.165, 1.54) is 18.3 Å². The maximum atomic E-state index is 13.1. The van der Waals surface area contributed by atoms with Crippen LogP contribution in [0, 0.1) is 12.7 Å². The number of aromatic amines is 1. The van der Waals surface area contributed by atoms with Crippen LogP contribution in [-0.2, 0) is 4.79 Å². The highest BCUT2D eigenvalue weighted by Gasteiger charge is 2.15. The lowest BCUT2D eigenvalue weighted by Gasteiger charge is -2.14. The number of aryl methyl sites for hydroxylation is 1. The topological polar surface area (TPSA) is 79.4 Å². The van der Waals surface area contributed by atoms with E-state index < -0.39 is 12.0 Å². The Bertz CT molecular complexity index is 1000. The van der Waals surface area contributed by atoms with Gasteiger partial charge >= 0.3 is 0 Å². The third kappa shape index (κ3) is 4.75. The Hall–Kier alpha value is -3.19. The molecule has 0 saturated heterocycles. The van der Waals surface area contributed by atoms with Gasteiger partial charge in [0.2, 0.25) is 0 Å². The van der Waals surface area contributed by atoms with Gasteiger partial charge in [0.05, 0.1) is 18.1 Å². The molecule has 0 radical (unpaired) electrons. The van der Waals surface area contributed by atoms with Crippen LogP contribution in [0.2, 0.25) is 5.02 Å². The minimum atomic E-state index is -0.754. The highest BCUT2D eigenvalue weighted by atomic mass is 35.5. The molecule has 8 heteroatoms. The van der Waals surface area contributed by atoms with Crippen molar-refractivity contribution in [1.29, 1.82) is 0 Å². The van der Waals surface area contributed by atoms with Crippen LogP contribution in [0.25, 0.3) is 11.1 Å². The summed E-state index contributed by atoms with van der Waals surface area (Å²) in [6.45, 7) is 3.47. The predicted octanol–water partition coefficient (Wildman–Crippen LogP) is 4.10. The number of nitrogens with zero attached hydrogens (tertiary/aromatic N) is 2. The van der Waals surface area contributed by atoms with E-state index >= 15 is 0 Å². The summed E-state index contributed by atoms with van der Waals surface area (Å²) in [6.07, 6.45) is 2.28. The first-order chi connectivity index (χ1) is 13.4. The molecule has 1 unspecified atom stereocenters. The van der Waals surface area contributed by atoms with Crippen molar-refractivity contribution >= 4 is 23.7 Å². The lowest BCUT2D eigenvalue weighted by molar-refractivity contribution is -0.127. The summed E-state index contributed by atoms with van der Waals surface area (Å²) in [5.41, 5.74) is 5.35. The molecule has 1 atom stereocenters. The average Bonchev–Trinajstić information content (AvgIpc) is 3.13. The molecule has 0 spiro atoms. The fourth-order valence-corrected chi connectivity index (χ4v) is 2.72. The van der Waals surface area contributed by atoms with Crippen molar-refractivity contribution in [3.63, 3.8) is 0 Å². The molecule has 6 nitrogen and oxygen atoms in total. The third-order valence-corrected chi connectivity index (χ3v) is 4.24. The monoisotopic (exact) mass is 400 g/mol. The predicted molar refractivity (Wildman–Crippen MR) is 106 cm³/mol. The Morgan fingerprint density at radius 2 is 2.07 bits per heavy atom. The number of aromatic nitrogens is 2. The van der Waals surface area contributed by atoms with Crippen molar-refractivity contribution in [2.45, 2.75) is 20.0 Å². The van der Waals surface area contributed by atoms with Crippen LogP contribution in [0.15, 0.2) is 53.8 Å². The minimum absolute atomic E-state index is 0.320.